The summed E-state index contributed by atoms with van der Waals surface area (Å²) >= 11 is 0. The lowest BCUT2D eigenvalue weighted by molar-refractivity contribution is -0.135. The van der Waals surface area contributed by atoms with Gasteiger partial charge in [-0.05, 0) is 0 Å². The number of carbonyl (C=O) groups is 1. The number of likely N-dealkylation sites (N-methyl/N-ethyl adjacent to an activating group) is 1. The van der Waals surface area contributed by atoms with Crippen molar-refractivity contribution in [2.24, 2.45) is 0 Å². The topological polar surface area (TPSA) is 50.8 Å². The number of carbonyl (C=O) groups excluding carboxylic acids is 1. The average Bonchev–Trinajstić information content (AvgIpc) is 2.26. The minimum absolute atomic E-state index is 0. The molecule has 1 saturated heterocycles. The molecule has 0 aromatic heterocycles. The van der Waals surface area contributed by atoms with Crippen molar-refractivity contribution < 1.29 is 14.3 Å². The molecule has 90 valence electrons. The van der Waals surface area contributed by atoms with E-state index in [0.717, 1.165) is 6.54 Å². The Morgan fingerprint density at radius 3 is 2.93 bits per heavy atom. The van der Waals surface area contributed by atoms with E-state index in [4.69, 9.17) is 9.47 Å². The molecule has 1 atom stereocenters. The molecule has 6 heteroatoms. The largest absolute Gasteiger partial charge is 0.383 e. The Morgan fingerprint density at radius 1 is 1.67 bits per heavy atom. The predicted molar refractivity (Wildman–Crippen MR) is 59.4 cm³/mol. The van der Waals surface area contributed by atoms with Crippen LogP contribution in [-0.2, 0) is 14.3 Å². The van der Waals surface area contributed by atoms with Gasteiger partial charge in [0.1, 0.15) is 6.04 Å². The molecule has 0 spiro atoms. The van der Waals surface area contributed by atoms with Gasteiger partial charge in [0.2, 0.25) is 5.91 Å². The second kappa shape index (κ2) is 7.87. The van der Waals surface area contributed by atoms with Crippen LogP contribution in [-0.4, -0.2) is 63.9 Å². The first-order valence-corrected chi connectivity index (χ1v) is 4.80. The Kier molecular flexibility index (Phi) is 7.68. The van der Waals surface area contributed by atoms with Crippen LogP contribution in [0.15, 0.2) is 0 Å². The minimum atomic E-state index is -0.189. The van der Waals surface area contributed by atoms with Crippen LogP contribution in [0, 0.1) is 0 Å². The molecule has 0 radical (unpaired) electrons. The Balaban J connectivity index is 0.00000196. The zero-order chi connectivity index (χ0) is 10.4. The van der Waals surface area contributed by atoms with Crippen molar-refractivity contribution in [3.8, 4) is 0 Å². The number of nitrogens with one attached hydrogen (secondary N) is 1. The maximum absolute atomic E-state index is 11.7. The molecule has 1 heterocycles. The summed E-state index contributed by atoms with van der Waals surface area (Å²) in [4.78, 5) is 13.4. The minimum Gasteiger partial charge on any atom is -0.383 e. The van der Waals surface area contributed by atoms with E-state index < -0.39 is 0 Å². The molecule has 0 aromatic rings. The van der Waals surface area contributed by atoms with E-state index in [1.807, 2.05) is 0 Å². The normalized spacial score (nSPS) is 20.5. The maximum atomic E-state index is 11.7. The third-order valence-electron chi connectivity index (χ3n) is 2.23. The van der Waals surface area contributed by atoms with Crippen molar-refractivity contribution in [3.63, 3.8) is 0 Å². The summed E-state index contributed by atoms with van der Waals surface area (Å²) in [5.74, 6) is 0.0711. The van der Waals surface area contributed by atoms with Crippen molar-refractivity contribution >= 4 is 18.3 Å². The number of hydrogen-bond donors (Lipinski definition) is 1. The molecule has 1 amide bonds. The van der Waals surface area contributed by atoms with E-state index >= 15 is 0 Å². The lowest BCUT2D eigenvalue weighted by Gasteiger charge is -2.27. The van der Waals surface area contributed by atoms with Crippen LogP contribution in [0.1, 0.15) is 0 Å². The maximum Gasteiger partial charge on any atom is 0.241 e. The third-order valence-corrected chi connectivity index (χ3v) is 2.23. The molecule has 5 nitrogen and oxygen atoms in total. The molecule has 1 aliphatic rings. The molecule has 0 aromatic carbocycles. The highest BCUT2D eigenvalue weighted by molar-refractivity contribution is 5.85. The first kappa shape index (κ1) is 14.6. The average molecular weight is 239 g/mol. The molecule has 1 rings (SSSR count). The second-order valence-corrected chi connectivity index (χ2v) is 3.33. The number of rotatable bonds is 4. The molecule has 1 fully saturated rings. The smallest absolute Gasteiger partial charge is 0.241 e. The van der Waals surface area contributed by atoms with Gasteiger partial charge >= 0.3 is 0 Å². The molecular weight excluding hydrogens is 220 g/mol. The van der Waals surface area contributed by atoms with Gasteiger partial charge in [-0.2, -0.15) is 0 Å². The van der Waals surface area contributed by atoms with Crippen LogP contribution in [0.2, 0.25) is 0 Å². The van der Waals surface area contributed by atoms with Crippen molar-refractivity contribution in [2.75, 3.05) is 47.1 Å². The summed E-state index contributed by atoms with van der Waals surface area (Å²) < 4.78 is 10.1. The summed E-state index contributed by atoms with van der Waals surface area (Å²) in [6.07, 6.45) is 0. The van der Waals surface area contributed by atoms with Crippen LogP contribution in [0.3, 0.4) is 0 Å². The number of hydrogen-bond acceptors (Lipinski definition) is 4. The monoisotopic (exact) mass is 238 g/mol. The summed E-state index contributed by atoms with van der Waals surface area (Å²) in [5.41, 5.74) is 0. The molecule has 1 unspecified atom stereocenters. The number of halogens is 1. The van der Waals surface area contributed by atoms with E-state index in [0.29, 0.717) is 26.4 Å². The fourth-order valence-corrected chi connectivity index (χ4v) is 1.33. The van der Waals surface area contributed by atoms with Gasteiger partial charge in [-0.1, -0.05) is 0 Å². The fraction of sp³-hybridized carbons (Fsp3) is 0.889. The number of amides is 1. The summed E-state index contributed by atoms with van der Waals surface area (Å²) in [7, 11) is 3.40. The Bertz CT molecular complexity index is 186. The summed E-state index contributed by atoms with van der Waals surface area (Å²) in [5, 5.41) is 3.12. The van der Waals surface area contributed by atoms with E-state index in [-0.39, 0.29) is 24.4 Å². The first-order valence-electron chi connectivity index (χ1n) is 4.80. The van der Waals surface area contributed by atoms with Gasteiger partial charge in [-0.3, -0.25) is 4.79 Å². The quantitative estimate of drug-likeness (QED) is 0.718. The summed E-state index contributed by atoms with van der Waals surface area (Å²) in [6.45, 7) is 3.08. The molecule has 0 saturated carbocycles. The van der Waals surface area contributed by atoms with E-state index in [1.165, 1.54) is 0 Å². The van der Waals surface area contributed by atoms with Crippen molar-refractivity contribution in [3.05, 3.63) is 0 Å². The van der Waals surface area contributed by atoms with Gasteiger partial charge in [-0.15, -0.1) is 12.4 Å². The van der Waals surface area contributed by atoms with Crippen LogP contribution >= 0.6 is 12.4 Å². The standard InChI is InChI=1S/C9H18N2O3.ClH/c1-11(4-6-13-2)9(12)8-7-14-5-3-10-8;/h8,10H,3-7H2,1-2H3;1H. The third kappa shape index (κ3) is 4.79. The SMILES string of the molecule is COCCN(C)C(=O)C1COCCN1.Cl. The van der Waals surface area contributed by atoms with Gasteiger partial charge in [0.25, 0.3) is 0 Å². The Hall–Kier alpha value is -0.360. The summed E-state index contributed by atoms with van der Waals surface area (Å²) in [6, 6.07) is -0.189. The van der Waals surface area contributed by atoms with Crippen molar-refractivity contribution in [1.82, 2.24) is 10.2 Å². The van der Waals surface area contributed by atoms with E-state index in [1.54, 1.807) is 19.1 Å². The van der Waals surface area contributed by atoms with Crippen LogP contribution in [0.4, 0.5) is 0 Å². The molecule has 15 heavy (non-hydrogen) atoms. The van der Waals surface area contributed by atoms with Crippen LogP contribution in [0.25, 0.3) is 0 Å². The van der Waals surface area contributed by atoms with Crippen molar-refractivity contribution in [2.45, 2.75) is 6.04 Å². The van der Waals surface area contributed by atoms with Crippen molar-refractivity contribution in [1.29, 1.82) is 0 Å². The van der Waals surface area contributed by atoms with Gasteiger partial charge in [0.05, 0.1) is 19.8 Å². The molecular formula is C9H19ClN2O3. The molecule has 1 aliphatic heterocycles. The Labute approximate surface area is 96.5 Å². The number of methoxy groups -OCH3 is 1. The molecule has 0 bridgehead atoms. The van der Waals surface area contributed by atoms with E-state index in [9.17, 15) is 4.79 Å². The Morgan fingerprint density at radius 2 is 2.40 bits per heavy atom. The first-order chi connectivity index (χ1) is 6.75. The van der Waals surface area contributed by atoms with Crippen LogP contribution < -0.4 is 5.32 Å². The zero-order valence-corrected chi connectivity index (χ0v) is 10.0. The van der Waals surface area contributed by atoms with Gasteiger partial charge in [0.15, 0.2) is 0 Å². The lowest BCUT2D eigenvalue weighted by Crippen LogP contribution is -2.52. The highest BCUT2D eigenvalue weighted by Gasteiger charge is 2.23. The van der Waals surface area contributed by atoms with Gasteiger partial charge in [-0.25, -0.2) is 0 Å². The van der Waals surface area contributed by atoms with E-state index in [2.05, 4.69) is 5.32 Å². The number of morpholine rings is 1. The van der Waals surface area contributed by atoms with Gasteiger partial charge in [0, 0.05) is 27.2 Å². The predicted octanol–water partition coefficient (Wildman–Crippen LogP) is -0.499. The van der Waals surface area contributed by atoms with Gasteiger partial charge < -0.3 is 19.7 Å². The fourth-order valence-electron chi connectivity index (χ4n) is 1.33. The second-order valence-electron chi connectivity index (χ2n) is 3.33. The highest BCUT2D eigenvalue weighted by Crippen LogP contribution is 1.97. The highest BCUT2D eigenvalue weighted by atomic mass is 35.5. The number of nitrogens with zero attached hydrogens (tertiary/aromatic N) is 1. The molecule has 1 N–H and O–H groups in total. The zero-order valence-electron chi connectivity index (χ0n) is 9.19. The molecule has 0 aliphatic carbocycles. The number of ether oxygens (including phenoxy) is 2. The van der Waals surface area contributed by atoms with Crippen LogP contribution in [0.5, 0.6) is 0 Å². The lowest BCUT2D eigenvalue weighted by atomic mass is 10.2.